The van der Waals surface area contributed by atoms with Crippen LogP contribution in [0, 0.1) is 13.8 Å². The van der Waals surface area contributed by atoms with E-state index in [9.17, 15) is 0 Å². The predicted molar refractivity (Wildman–Crippen MR) is 110 cm³/mol. The number of halogens is 2. The van der Waals surface area contributed by atoms with Crippen LogP contribution in [0.4, 0.5) is 5.69 Å². The Hall–Kier alpha value is -2.16. The lowest BCUT2D eigenvalue weighted by atomic mass is 10.1. The van der Waals surface area contributed by atoms with E-state index in [1.165, 1.54) is 11.1 Å². The van der Waals surface area contributed by atoms with Crippen molar-refractivity contribution in [2.45, 2.75) is 27.0 Å². The number of hydrogen-bond donors (Lipinski definition) is 1. The number of rotatable bonds is 6. The van der Waals surface area contributed by atoms with E-state index >= 15 is 0 Å². The Bertz CT molecular complexity index is 908. The van der Waals surface area contributed by atoms with Crippen LogP contribution < -0.4 is 10.1 Å². The van der Waals surface area contributed by atoms with Crippen LogP contribution >= 0.6 is 23.2 Å². The highest BCUT2D eigenvalue weighted by Gasteiger charge is 2.06. The largest absolute Gasteiger partial charge is 0.487 e. The highest BCUT2D eigenvalue weighted by molar-refractivity contribution is 6.32. The summed E-state index contributed by atoms with van der Waals surface area (Å²) < 4.78 is 5.82. The van der Waals surface area contributed by atoms with Gasteiger partial charge in [0.25, 0.3) is 0 Å². The Kier molecular flexibility index (Phi) is 6.08. The molecule has 0 bridgehead atoms. The molecule has 134 valence electrons. The van der Waals surface area contributed by atoms with Gasteiger partial charge in [0.1, 0.15) is 12.4 Å². The summed E-state index contributed by atoms with van der Waals surface area (Å²) in [5, 5.41) is 4.75. The van der Waals surface area contributed by atoms with Gasteiger partial charge in [-0.1, -0.05) is 59.6 Å². The van der Waals surface area contributed by atoms with Crippen molar-refractivity contribution >= 4 is 28.9 Å². The quantitative estimate of drug-likeness (QED) is 0.503. The summed E-state index contributed by atoms with van der Waals surface area (Å²) in [6.45, 7) is 5.28. The van der Waals surface area contributed by atoms with Crippen molar-refractivity contribution in [1.29, 1.82) is 0 Å². The van der Waals surface area contributed by atoms with E-state index in [2.05, 4.69) is 37.4 Å². The van der Waals surface area contributed by atoms with Gasteiger partial charge in [0.15, 0.2) is 0 Å². The highest BCUT2D eigenvalue weighted by Crippen LogP contribution is 2.28. The first-order valence-corrected chi connectivity index (χ1v) is 9.24. The van der Waals surface area contributed by atoms with Crippen molar-refractivity contribution in [3.8, 4) is 5.75 Å². The van der Waals surface area contributed by atoms with E-state index in [0.717, 1.165) is 16.8 Å². The number of aryl methyl sites for hydroxylation is 2. The van der Waals surface area contributed by atoms with Crippen LogP contribution in [0.3, 0.4) is 0 Å². The smallest absolute Gasteiger partial charge is 0.138 e. The van der Waals surface area contributed by atoms with Crippen molar-refractivity contribution in [1.82, 2.24) is 0 Å². The summed E-state index contributed by atoms with van der Waals surface area (Å²) in [5.41, 5.74) is 5.63. The molecule has 3 aromatic rings. The maximum Gasteiger partial charge on any atom is 0.138 e. The van der Waals surface area contributed by atoms with E-state index in [0.29, 0.717) is 28.9 Å². The molecule has 3 aromatic carbocycles. The fraction of sp³-hybridized carbons (Fsp3) is 0.182. The van der Waals surface area contributed by atoms with Gasteiger partial charge in [-0.2, -0.15) is 0 Å². The molecule has 0 radical (unpaired) electrons. The molecule has 0 aliphatic heterocycles. The van der Waals surface area contributed by atoms with Gasteiger partial charge in [0.2, 0.25) is 0 Å². The third kappa shape index (κ3) is 4.72. The number of benzene rings is 3. The molecule has 0 unspecified atom stereocenters. The molecular formula is C22H21Cl2NO. The number of ether oxygens (including phenoxy) is 1. The first-order valence-electron chi connectivity index (χ1n) is 8.48. The van der Waals surface area contributed by atoms with Gasteiger partial charge < -0.3 is 10.1 Å². The molecule has 0 aromatic heterocycles. The normalized spacial score (nSPS) is 10.6. The lowest BCUT2D eigenvalue weighted by molar-refractivity contribution is 0.306. The van der Waals surface area contributed by atoms with Gasteiger partial charge in [-0.15, -0.1) is 0 Å². The Balaban J connectivity index is 1.64. The first kappa shape index (κ1) is 18.6. The average molecular weight is 386 g/mol. The van der Waals surface area contributed by atoms with Gasteiger partial charge in [-0.05, 0) is 54.8 Å². The molecule has 0 heterocycles. The zero-order valence-corrected chi connectivity index (χ0v) is 16.4. The van der Waals surface area contributed by atoms with Gasteiger partial charge in [0, 0.05) is 22.8 Å². The Morgan fingerprint density at radius 2 is 1.69 bits per heavy atom. The summed E-state index contributed by atoms with van der Waals surface area (Å²) >= 11 is 12.5. The number of hydrogen-bond acceptors (Lipinski definition) is 2. The molecule has 0 saturated carbocycles. The summed E-state index contributed by atoms with van der Waals surface area (Å²) in [6.07, 6.45) is 0. The van der Waals surface area contributed by atoms with Gasteiger partial charge in [-0.25, -0.2) is 0 Å². The van der Waals surface area contributed by atoms with Gasteiger partial charge in [0.05, 0.1) is 5.02 Å². The minimum absolute atomic E-state index is 0.388. The Morgan fingerprint density at radius 3 is 2.46 bits per heavy atom. The molecule has 2 nitrogen and oxygen atoms in total. The Labute approximate surface area is 164 Å². The molecule has 1 N–H and O–H groups in total. The first-order chi connectivity index (χ1) is 12.5. The average Bonchev–Trinajstić information content (AvgIpc) is 2.63. The second-order valence-corrected chi connectivity index (χ2v) is 7.13. The van der Waals surface area contributed by atoms with Crippen LogP contribution in [0.5, 0.6) is 5.75 Å². The maximum atomic E-state index is 6.39. The second-order valence-electron chi connectivity index (χ2n) is 6.32. The van der Waals surface area contributed by atoms with Crippen LogP contribution in [0.15, 0.2) is 60.7 Å². The summed E-state index contributed by atoms with van der Waals surface area (Å²) in [6, 6.07) is 19.9. The van der Waals surface area contributed by atoms with Crippen molar-refractivity contribution in [3.05, 3.63) is 93.0 Å². The van der Waals surface area contributed by atoms with Gasteiger partial charge >= 0.3 is 0 Å². The van der Waals surface area contributed by atoms with Crippen LogP contribution in [-0.4, -0.2) is 0 Å². The summed E-state index contributed by atoms with van der Waals surface area (Å²) in [7, 11) is 0. The third-order valence-electron chi connectivity index (χ3n) is 4.21. The van der Waals surface area contributed by atoms with Crippen molar-refractivity contribution in [2.24, 2.45) is 0 Å². The standard InChI is InChI=1S/C22H21Cl2NO/c1-15-7-8-16(2)21(11-15)25-13-17-9-10-22(20(24)12-17)26-14-18-5-3-4-6-19(18)23/h3-12,25H,13-14H2,1-2H3. The minimum atomic E-state index is 0.388. The molecule has 0 aliphatic rings. The maximum absolute atomic E-state index is 6.39. The molecule has 3 rings (SSSR count). The summed E-state index contributed by atoms with van der Waals surface area (Å²) in [5.74, 6) is 0.655. The van der Waals surface area contributed by atoms with Crippen LogP contribution in [0.25, 0.3) is 0 Å². The molecule has 26 heavy (non-hydrogen) atoms. The van der Waals surface area contributed by atoms with Crippen LogP contribution in [-0.2, 0) is 13.2 Å². The van der Waals surface area contributed by atoms with Crippen molar-refractivity contribution in [2.75, 3.05) is 5.32 Å². The molecule has 0 fully saturated rings. The molecule has 0 spiro atoms. The van der Waals surface area contributed by atoms with Crippen LogP contribution in [0.2, 0.25) is 10.0 Å². The zero-order valence-electron chi connectivity index (χ0n) is 14.9. The fourth-order valence-electron chi connectivity index (χ4n) is 2.67. The lowest BCUT2D eigenvalue weighted by Crippen LogP contribution is -2.02. The van der Waals surface area contributed by atoms with E-state index in [4.69, 9.17) is 27.9 Å². The zero-order chi connectivity index (χ0) is 18.5. The molecule has 0 saturated heterocycles. The molecule has 4 heteroatoms. The molecule has 0 atom stereocenters. The Morgan fingerprint density at radius 1 is 0.885 bits per heavy atom. The van der Waals surface area contributed by atoms with Crippen molar-refractivity contribution in [3.63, 3.8) is 0 Å². The SMILES string of the molecule is Cc1ccc(C)c(NCc2ccc(OCc3ccccc3Cl)c(Cl)c2)c1. The van der Waals surface area contributed by atoms with E-state index in [1.807, 2.05) is 42.5 Å². The molecular weight excluding hydrogens is 365 g/mol. The molecule has 0 amide bonds. The lowest BCUT2D eigenvalue weighted by Gasteiger charge is -2.13. The number of nitrogens with one attached hydrogen (secondary N) is 1. The minimum Gasteiger partial charge on any atom is -0.487 e. The van der Waals surface area contributed by atoms with Crippen LogP contribution in [0.1, 0.15) is 22.3 Å². The van der Waals surface area contributed by atoms with Gasteiger partial charge in [-0.3, -0.25) is 0 Å². The van der Waals surface area contributed by atoms with E-state index < -0.39 is 0 Å². The van der Waals surface area contributed by atoms with E-state index in [-0.39, 0.29) is 0 Å². The monoisotopic (exact) mass is 385 g/mol. The van der Waals surface area contributed by atoms with E-state index in [1.54, 1.807) is 0 Å². The number of anilines is 1. The second kappa shape index (κ2) is 8.48. The fourth-order valence-corrected chi connectivity index (χ4v) is 3.11. The topological polar surface area (TPSA) is 21.3 Å². The predicted octanol–water partition coefficient (Wildman–Crippen LogP) is 6.80. The van der Waals surface area contributed by atoms with Crippen molar-refractivity contribution < 1.29 is 4.74 Å². The molecule has 0 aliphatic carbocycles. The third-order valence-corrected chi connectivity index (χ3v) is 4.88. The summed E-state index contributed by atoms with van der Waals surface area (Å²) in [4.78, 5) is 0. The highest BCUT2D eigenvalue weighted by atomic mass is 35.5.